The highest BCUT2D eigenvalue weighted by molar-refractivity contribution is 6.11. The van der Waals surface area contributed by atoms with E-state index < -0.39 is 11.1 Å². The molecule has 0 bridgehead atoms. The summed E-state index contributed by atoms with van der Waals surface area (Å²) >= 11 is 0. The van der Waals surface area contributed by atoms with Gasteiger partial charge in [0.15, 0.2) is 11.5 Å². The van der Waals surface area contributed by atoms with Gasteiger partial charge in [-0.3, -0.25) is 19.7 Å². The Morgan fingerprint density at radius 1 is 1.23 bits per heavy atom. The minimum absolute atomic E-state index is 0.00717. The van der Waals surface area contributed by atoms with Crippen LogP contribution >= 0.6 is 0 Å². The summed E-state index contributed by atoms with van der Waals surface area (Å²) in [4.78, 5) is 37.5. The first-order chi connectivity index (χ1) is 12.5. The van der Waals surface area contributed by atoms with Crippen LogP contribution in [0.2, 0.25) is 0 Å². The number of amides is 1. The van der Waals surface area contributed by atoms with Gasteiger partial charge in [-0.2, -0.15) is 0 Å². The predicted octanol–water partition coefficient (Wildman–Crippen LogP) is 2.44. The summed E-state index contributed by atoms with van der Waals surface area (Å²) in [5.41, 5.74) is 1.93. The summed E-state index contributed by atoms with van der Waals surface area (Å²) < 4.78 is 5.04. The zero-order valence-electron chi connectivity index (χ0n) is 13.9. The summed E-state index contributed by atoms with van der Waals surface area (Å²) in [6.07, 6.45) is -0.269. The molecule has 1 N–H and O–H groups in total. The van der Waals surface area contributed by atoms with E-state index in [2.05, 4.69) is 5.32 Å². The van der Waals surface area contributed by atoms with Crippen LogP contribution in [0.1, 0.15) is 38.9 Å². The Kier molecular flexibility index (Phi) is 3.61. The minimum atomic E-state index is -0.589. The number of methoxy groups -OCH3 is 1. The van der Waals surface area contributed by atoms with Gasteiger partial charge in [-0.15, -0.1) is 0 Å². The molecule has 2 aromatic rings. The monoisotopic (exact) mass is 353 g/mol. The van der Waals surface area contributed by atoms with Crippen molar-refractivity contribution in [2.75, 3.05) is 18.6 Å². The lowest BCUT2D eigenvalue weighted by molar-refractivity contribution is -0.385. The van der Waals surface area contributed by atoms with Gasteiger partial charge in [0.05, 0.1) is 23.3 Å². The van der Waals surface area contributed by atoms with Gasteiger partial charge < -0.3 is 15.0 Å². The van der Waals surface area contributed by atoms with Crippen LogP contribution < -0.4 is 15.0 Å². The van der Waals surface area contributed by atoms with Gasteiger partial charge in [0.1, 0.15) is 6.17 Å². The number of rotatable bonds is 3. The normalized spacial score (nSPS) is 18.2. The molecule has 0 saturated heterocycles. The van der Waals surface area contributed by atoms with Crippen molar-refractivity contribution in [3.8, 4) is 5.75 Å². The second-order valence-corrected chi connectivity index (χ2v) is 6.13. The lowest BCUT2D eigenvalue weighted by Crippen LogP contribution is -2.49. The first-order valence-electron chi connectivity index (χ1n) is 8.07. The maximum Gasteiger partial charge on any atom is 0.311 e. The second kappa shape index (κ2) is 5.83. The van der Waals surface area contributed by atoms with E-state index in [1.165, 1.54) is 19.2 Å². The molecular weight excluding hydrogens is 338 g/mol. The third-order valence-corrected chi connectivity index (χ3v) is 4.74. The Bertz CT molecular complexity index is 942. The number of nitrogens with one attached hydrogen (secondary N) is 1. The van der Waals surface area contributed by atoms with Crippen molar-refractivity contribution in [2.24, 2.45) is 0 Å². The molecule has 8 heteroatoms. The fourth-order valence-corrected chi connectivity index (χ4v) is 3.55. The van der Waals surface area contributed by atoms with E-state index in [0.29, 0.717) is 35.3 Å². The van der Waals surface area contributed by atoms with Gasteiger partial charge >= 0.3 is 5.69 Å². The number of ketones is 1. The van der Waals surface area contributed by atoms with Crippen molar-refractivity contribution in [1.82, 2.24) is 5.32 Å². The van der Waals surface area contributed by atoms with Gasteiger partial charge in [0, 0.05) is 30.2 Å². The fourth-order valence-electron chi connectivity index (χ4n) is 3.55. The molecule has 1 amide bonds. The SMILES string of the molecule is COc1ccc(C2NC(=O)c3cccc4c3N2CCC4=O)cc1[N+](=O)[O-]. The number of anilines is 1. The summed E-state index contributed by atoms with van der Waals surface area (Å²) in [5, 5.41) is 14.2. The van der Waals surface area contributed by atoms with E-state index in [0.717, 1.165) is 0 Å². The summed E-state index contributed by atoms with van der Waals surface area (Å²) in [7, 11) is 1.36. The first kappa shape index (κ1) is 16.1. The number of carbonyl (C=O) groups excluding carboxylic acids is 2. The third-order valence-electron chi connectivity index (χ3n) is 4.74. The number of nitrogens with zero attached hydrogens (tertiary/aromatic N) is 2. The number of ether oxygens (including phenoxy) is 1. The molecule has 0 aliphatic carbocycles. The Balaban J connectivity index is 1.85. The molecule has 0 aromatic heterocycles. The molecule has 1 atom stereocenters. The summed E-state index contributed by atoms with van der Waals surface area (Å²) in [6.45, 7) is 0.424. The third kappa shape index (κ3) is 2.30. The summed E-state index contributed by atoms with van der Waals surface area (Å²) in [6, 6.07) is 9.66. The van der Waals surface area contributed by atoms with Crippen molar-refractivity contribution >= 4 is 23.1 Å². The average molecular weight is 353 g/mol. The van der Waals surface area contributed by atoms with E-state index in [9.17, 15) is 19.7 Å². The molecule has 2 heterocycles. The van der Waals surface area contributed by atoms with Crippen LogP contribution in [0.25, 0.3) is 0 Å². The molecule has 0 radical (unpaired) electrons. The van der Waals surface area contributed by atoms with Crippen LogP contribution in [-0.2, 0) is 0 Å². The van der Waals surface area contributed by atoms with Crippen molar-refractivity contribution in [2.45, 2.75) is 12.6 Å². The maximum atomic E-state index is 12.5. The molecule has 2 aromatic carbocycles. The Morgan fingerprint density at radius 3 is 2.73 bits per heavy atom. The average Bonchev–Trinajstić information content (AvgIpc) is 2.65. The van der Waals surface area contributed by atoms with Crippen molar-refractivity contribution in [3.63, 3.8) is 0 Å². The highest BCUT2D eigenvalue weighted by Crippen LogP contribution is 2.40. The van der Waals surface area contributed by atoms with E-state index >= 15 is 0 Å². The van der Waals surface area contributed by atoms with Gasteiger partial charge in [0.25, 0.3) is 5.91 Å². The number of hydrogen-bond acceptors (Lipinski definition) is 6. The number of Topliss-reactive ketones (excluding diaryl/α,β-unsaturated/α-hetero) is 1. The van der Waals surface area contributed by atoms with Crippen molar-refractivity contribution < 1.29 is 19.2 Å². The molecule has 26 heavy (non-hydrogen) atoms. The Morgan fingerprint density at radius 2 is 2.00 bits per heavy atom. The van der Waals surface area contributed by atoms with Gasteiger partial charge in [0.2, 0.25) is 0 Å². The number of hydrogen-bond donors (Lipinski definition) is 1. The summed E-state index contributed by atoms with van der Waals surface area (Å²) in [5.74, 6) is -0.167. The second-order valence-electron chi connectivity index (χ2n) is 6.13. The van der Waals surface area contributed by atoms with Gasteiger partial charge in [-0.25, -0.2) is 0 Å². The minimum Gasteiger partial charge on any atom is -0.490 e. The largest absolute Gasteiger partial charge is 0.490 e. The van der Waals surface area contributed by atoms with Crippen molar-refractivity contribution in [1.29, 1.82) is 0 Å². The predicted molar refractivity (Wildman–Crippen MR) is 92.6 cm³/mol. The highest BCUT2D eigenvalue weighted by Gasteiger charge is 2.38. The van der Waals surface area contributed by atoms with Crippen LogP contribution in [0.3, 0.4) is 0 Å². The lowest BCUT2D eigenvalue weighted by atomic mass is 9.92. The highest BCUT2D eigenvalue weighted by atomic mass is 16.6. The molecule has 1 unspecified atom stereocenters. The van der Waals surface area contributed by atoms with Crippen molar-refractivity contribution in [3.05, 3.63) is 63.2 Å². The zero-order valence-corrected chi connectivity index (χ0v) is 13.9. The smallest absolute Gasteiger partial charge is 0.311 e. The van der Waals surface area contributed by atoms with Crippen LogP contribution in [0, 0.1) is 10.1 Å². The topological polar surface area (TPSA) is 102 Å². The first-order valence-corrected chi connectivity index (χ1v) is 8.07. The number of carbonyl (C=O) groups is 2. The lowest BCUT2D eigenvalue weighted by Gasteiger charge is -2.42. The Hall–Kier alpha value is -3.42. The van der Waals surface area contributed by atoms with Crippen LogP contribution in [0.15, 0.2) is 36.4 Å². The zero-order chi connectivity index (χ0) is 18.4. The van der Waals surface area contributed by atoms with E-state index in [4.69, 9.17) is 4.74 Å². The number of nitro benzene ring substituents is 1. The standard InChI is InChI=1S/C18H15N3O5/c1-26-15-6-5-10(9-13(15)21(24)25)17-19-18(23)12-4-2-3-11-14(22)7-8-20(17)16(11)12/h2-6,9,17H,7-8H2,1H3,(H,19,23). The Labute approximate surface area is 148 Å². The quantitative estimate of drug-likeness (QED) is 0.672. The van der Waals surface area contributed by atoms with Crippen LogP contribution in [0.4, 0.5) is 11.4 Å². The number of benzene rings is 2. The molecule has 132 valence electrons. The van der Waals surface area contributed by atoms with E-state index in [1.807, 2.05) is 4.90 Å². The molecule has 0 saturated carbocycles. The molecule has 4 rings (SSSR count). The number of para-hydroxylation sites is 1. The fraction of sp³-hybridized carbons (Fsp3) is 0.222. The molecule has 2 aliphatic heterocycles. The molecule has 0 fully saturated rings. The van der Waals surface area contributed by atoms with E-state index in [1.54, 1.807) is 24.3 Å². The number of nitro groups is 1. The molecular formula is C18H15N3O5. The van der Waals surface area contributed by atoms with Crippen LogP contribution in [-0.4, -0.2) is 30.3 Å². The maximum absolute atomic E-state index is 12.5. The van der Waals surface area contributed by atoms with E-state index in [-0.39, 0.29) is 23.1 Å². The van der Waals surface area contributed by atoms with Gasteiger partial charge in [-0.05, 0) is 18.2 Å². The molecule has 8 nitrogen and oxygen atoms in total. The molecule has 2 aliphatic rings. The van der Waals surface area contributed by atoms with Gasteiger partial charge in [-0.1, -0.05) is 12.1 Å². The van der Waals surface area contributed by atoms with Crippen LogP contribution in [0.5, 0.6) is 5.75 Å². The molecule has 0 spiro atoms.